The number of pyridine rings is 1. The minimum absolute atomic E-state index is 0.00335. The number of hydrogen-bond acceptors (Lipinski definition) is 4. The molecule has 25 heavy (non-hydrogen) atoms. The van der Waals surface area contributed by atoms with Crippen LogP contribution in [-0.2, 0) is 9.53 Å². The molecule has 2 aromatic heterocycles. The maximum Gasteiger partial charge on any atom is 0.299 e. The van der Waals surface area contributed by atoms with Gasteiger partial charge in [-0.1, -0.05) is 5.92 Å². The van der Waals surface area contributed by atoms with Gasteiger partial charge in [-0.15, -0.1) is 0 Å². The molecule has 0 bridgehead atoms. The van der Waals surface area contributed by atoms with E-state index in [1.807, 2.05) is 12.1 Å². The van der Waals surface area contributed by atoms with Crippen molar-refractivity contribution in [1.29, 1.82) is 0 Å². The van der Waals surface area contributed by atoms with Crippen molar-refractivity contribution in [3.8, 4) is 23.1 Å². The molecule has 128 valence electrons. The van der Waals surface area contributed by atoms with Crippen molar-refractivity contribution in [1.82, 2.24) is 19.9 Å². The van der Waals surface area contributed by atoms with Gasteiger partial charge in [0.05, 0.1) is 24.0 Å². The Balaban J connectivity index is 1.57. The molecular weight excluding hydrogens is 316 g/mol. The molecule has 2 aromatic rings. The quantitative estimate of drug-likeness (QED) is 0.872. The molecule has 1 saturated heterocycles. The molecule has 0 spiro atoms. The second-order valence-corrected chi connectivity index (χ2v) is 6.53. The van der Waals surface area contributed by atoms with Crippen molar-refractivity contribution in [2.45, 2.75) is 31.4 Å². The number of nitrogens with one attached hydrogen (secondary N) is 1. The van der Waals surface area contributed by atoms with Crippen LogP contribution in [0, 0.1) is 17.8 Å². The van der Waals surface area contributed by atoms with Crippen molar-refractivity contribution in [2.75, 3.05) is 13.7 Å². The molecule has 0 unspecified atom stereocenters. The minimum atomic E-state index is -0.143. The zero-order chi connectivity index (χ0) is 17.2. The van der Waals surface area contributed by atoms with Gasteiger partial charge in [0.2, 0.25) is 0 Å². The Hall–Kier alpha value is -2.65. The van der Waals surface area contributed by atoms with E-state index in [0.717, 1.165) is 29.9 Å². The number of likely N-dealkylation sites (tertiary alicyclic amines) is 1. The number of amides is 1. The molecule has 6 nitrogen and oxygen atoms in total. The Morgan fingerprint density at radius 3 is 3.00 bits per heavy atom. The Bertz CT molecular complexity index is 817. The first kappa shape index (κ1) is 15.9. The molecule has 0 aromatic carbocycles. The molecule has 1 N–H and O–H groups in total. The van der Waals surface area contributed by atoms with Gasteiger partial charge in [-0.25, -0.2) is 4.98 Å². The van der Waals surface area contributed by atoms with Crippen LogP contribution in [0.25, 0.3) is 11.3 Å². The molecular formula is C19H20N4O2. The van der Waals surface area contributed by atoms with E-state index in [1.54, 1.807) is 30.6 Å². The van der Waals surface area contributed by atoms with Crippen LogP contribution in [0.1, 0.15) is 31.1 Å². The maximum absolute atomic E-state index is 12.5. The van der Waals surface area contributed by atoms with E-state index in [0.29, 0.717) is 18.9 Å². The van der Waals surface area contributed by atoms with Crippen molar-refractivity contribution in [3.05, 3.63) is 36.5 Å². The van der Waals surface area contributed by atoms with Crippen LogP contribution in [0.15, 0.2) is 30.7 Å². The molecule has 1 aliphatic carbocycles. The number of hydrogen-bond donors (Lipinski definition) is 1. The lowest BCUT2D eigenvalue weighted by molar-refractivity contribution is -0.126. The second-order valence-electron chi connectivity index (χ2n) is 6.53. The zero-order valence-corrected chi connectivity index (χ0v) is 14.1. The molecule has 3 heterocycles. The normalized spacial score (nSPS) is 22.5. The highest BCUT2D eigenvalue weighted by molar-refractivity contribution is 5.94. The highest BCUT2D eigenvalue weighted by atomic mass is 16.5. The SMILES string of the molecule is CO[C@@H]1C[C@@H](c2ncc(-c3cccnc3)[nH]2)N(C(=O)C#CC2CC2)C1. The first-order valence-corrected chi connectivity index (χ1v) is 8.55. The standard InChI is InChI=1S/C19H20N4O2/c1-25-15-9-17(23(12-15)18(24)7-6-13-4-5-13)19-21-11-16(22-19)14-3-2-8-20-10-14/h2-3,8,10-11,13,15,17H,4-5,9,12H2,1H3,(H,21,22)/t15-,17+/m1/s1. The first-order chi connectivity index (χ1) is 12.2. The van der Waals surface area contributed by atoms with Crippen LogP contribution in [0.5, 0.6) is 0 Å². The number of nitrogens with zero attached hydrogens (tertiary/aromatic N) is 3. The molecule has 4 rings (SSSR count). The largest absolute Gasteiger partial charge is 0.380 e. The molecule has 0 radical (unpaired) electrons. The van der Waals surface area contributed by atoms with Gasteiger partial charge in [0.1, 0.15) is 5.82 Å². The van der Waals surface area contributed by atoms with Crippen LogP contribution in [-0.4, -0.2) is 45.5 Å². The van der Waals surface area contributed by atoms with Crippen molar-refractivity contribution >= 4 is 5.91 Å². The Kier molecular flexibility index (Phi) is 4.24. The monoisotopic (exact) mass is 336 g/mol. The summed E-state index contributed by atoms with van der Waals surface area (Å²) in [6.45, 7) is 0.544. The zero-order valence-electron chi connectivity index (χ0n) is 14.1. The van der Waals surface area contributed by atoms with Crippen LogP contribution >= 0.6 is 0 Å². The van der Waals surface area contributed by atoms with E-state index in [4.69, 9.17) is 4.74 Å². The Morgan fingerprint density at radius 2 is 2.28 bits per heavy atom. The summed E-state index contributed by atoms with van der Waals surface area (Å²) in [5.41, 5.74) is 1.86. The number of carbonyl (C=O) groups excluding carboxylic acids is 1. The van der Waals surface area contributed by atoms with E-state index in [1.165, 1.54) is 0 Å². The summed E-state index contributed by atoms with van der Waals surface area (Å²) < 4.78 is 5.48. The third kappa shape index (κ3) is 3.42. The van der Waals surface area contributed by atoms with Crippen molar-refractivity contribution in [2.24, 2.45) is 5.92 Å². The summed E-state index contributed by atoms with van der Waals surface area (Å²) in [5, 5.41) is 0. The average molecular weight is 336 g/mol. The first-order valence-electron chi connectivity index (χ1n) is 8.55. The molecule has 2 atom stereocenters. The summed E-state index contributed by atoms with van der Waals surface area (Å²) in [5.74, 6) is 6.88. The average Bonchev–Trinajstić information content (AvgIpc) is 3.18. The third-order valence-corrected chi connectivity index (χ3v) is 4.70. The summed E-state index contributed by atoms with van der Waals surface area (Å²) in [7, 11) is 1.68. The summed E-state index contributed by atoms with van der Waals surface area (Å²) in [4.78, 5) is 26.3. The van der Waals surface area contributed by atoms with Gasteiger partial charge < -0.3 is 14.6 Å². The summed E-state index contributed by atoms with van der Waals surface area (Å²) >= 11 is 0. The van der Waals surface area contributed by atoms with Crippen molar-refractivity contribution < 1.29 is 9.53 Å². The number of aromatic amines is 1. The third-order valence-electron chi connectivity index (χ3n) is 4.70. The van der Waals surface area contributed by atoms with Gasteiger partial charge in [-0.2, -0.15) is 0 Å². The number of methoxy groups -OCH3 is 1. The van der Waals surface area contributed by atoms with Gasteiger partial charge >= 0.3 is 0 Å². The van der Waals surface area contributed by atoms with E-state index in [2.05, 4.69) is 26.8 Å². The lowest BCUT2D eigenvalue weighted by atomic mass is 10.2. The Morgan fingerprint density at radius 1 is 1.40 bits per heavy atom. The molecule has 6 heteroatoms. The van der Waals surface area contributed by atoms with Gasteiger partial charge in [0, 0.05) is 44.0 Å². The highest BCUT2D eigenvalue weighted by Crippen LogP contribution is 2.33. The van der Waals surface area contributed by atoms with Gasteiger partial charge in [-0.05, 0) is 30.9 Å². The maximum atomic E-state index is 12.5. The lowest BCUT2D eigenvalue weighted by Gasteiger charge is -2.20. The fourth-order valence-electron chi connectivity index (χ4n) is 3.09. The number of ether oxygens (including phenoxy) is 1. The van der Waals surface area contributed by atoms with E-state index in [9.17, 15) is 4.79 Å². The molecule has 1 aliphatic heterocycles. The van der Waals surface area contributed by atoms with Crippen LogP contribution in [0.4, 0.5) is 0 Å². The predicted octanol–water partition coefficient (Wildman–Crippen LogP) is 2.17. The topological polar surface area (TPSA) is 71.1 Å². The number of H-pyrrole nitrogens is 1. The van der Waals surface area contributed by atoms with Crippen LogP contribution in [0.3, 0.4) is 0 Å². The van der Waals surface area contributed by atoms with E-state index >= 15 is 0 Å². The number of rotatable bonds is 3. The van der Waals surface area contributed by atoms with Crippen LogP contribution in [0.2, 0.25) is 0 Å². The smallest absolute Gasteiger partial charge is 0.299 e. The highest BCUT2D eigenvalue weighted by Gasteiger charge is 2.37. The fraction of sp³-hybridized carbons (Fsp3) is 0.421. The van der Waals surface area contributed by atoms with Gasteiger partial charge in [0.25, 0.3) is 5.91 Å². The van der Waals surface area contributed by atoms with E-state index in [-0.39, 0.29) is 18.1 Å². The summed E-state index contributed by atoms with van der Waals surface area (Å²) in [6.07, 6.45) is 8.24. The fourth-order valence-corrected chi connectivity index (χ4v) is 3.09. The van der Waals surface area contributed by atoms with Gasteiger partial charge in [-0.3, -0.25) is 9.78 Å². The molecule has 1 amide bonds. The number of carbonyl (C=O) groups is 1. The van der Waals surface area contributed by atoms with Gasteiger partial charge in [0.15, 0.2) is 0 Å². The lowest BCUT2D eigenvalue weighted by Crippen LogP contribution is -2.31. The minimum Gasteiger partial charge on any atom is -0.380 e. The summed E-state index contributed by atoms with van der Waals surface area (Å²) in [6, 6.07) is 3.72. The molecule has 2 fully saturated rings. The predicted molar refractivity (Wildman–Crippen MR) is 92.2 cm³/mol. The molecule has 1 saturated carbocycles. The van der Waals surface area contributed by atoms with E-state index < -0.39 is 0 Å². The number of imidazole rings is 1. The molecule has 2 aliphatic rings. The number of aromatic nitrogens is 3. The van der Waals surface area contributed by atoms with Crippen molar-refractivity contribution in [3.63, 3.8) is 0 Å². The second kappa shape index (κ2) is 6.69. The van der Waals surface area contributed by atoms with Crippen LogP contribution < -0.4 is 0 Å². The Labute approximate surface area is 146 Å².